The topological polar surface area (TPSA) is 45.8 Å². The minimum atomic E-state index is -0.300. The largest absolute Gasteiger partial charge is 0.319 e. The second-order valence-corrected chi connectivity index (χ2v) is 5.40. The van der Waals surface area contributed by atoms with Gasteiger partial charge >= 0.3 is 0 Å². The fraction of sp³-hybridized carbons (Fsp3) is 0.125. The molecule has 0 atom stereocenters. The van der Waals surface area contributed by atoms with Crippen molar-refractivity contribution in [3.63, 3.8) is 0 Å². The third-order valence-corrected chi connectivity index (χ3v) is 3.96. The van der Waals surface area contributed by atoms with E-state index in [1.165, 1.54) is 12.1 Å². The van der Waals surface area contributed by atoms with E-state index in [2.05, 4.69) is 25.9 Å². The van der Waals surface area contributed by atoms with Crippen molar-refractivity contribution < 1.29 is 4.39 Å². The van der Waals surface area contributed by atoms with Gasteiger partial charge in [0.25, 0.3) is 5.56 Å². The van der Waals surface area contributed by atoms with Gasteiger partial charge in [-0.2, -0.15) is 0 Å². The minimum Gasteiger partial charge on any atom is -0.319 e. The molecule has 0 saturated heterocycles. The van der Waals surface area contributed by atoms with Crippen molar-refractivity contribution in [3.05, 3.63) is 63.8 Å². The van der Waals surface area contributed by atoms with E-state index < -0.39 is 0 Å². The molecule has 5 heteroatoms. The molecule has 3 nitrogen and oxygen atoms in total. The number of aromatic nitrogens is 2. The van der Waals surface area contributed by atoms with Crippen molar-refractivity contribution in [2.75, 3.05) is 0 Å². The summed E-state index contributed by atoms with van der Waals surface area (Å²) in [6.07, 6.45) is 0. The molecule has 1 heterocycles. The number of halogens is 2. The first-order chi connectivity index (χ1) is 10.1. The first-order valence-corrected chi connectivity index (χ1v) is 7.56. The smallest absolute Gasteiger partial charge is 0.269 e. The predicted octanol–water partition coefficient (Wildman–Crippen LogP) is 3.93. The zero-order valence-corrected chi connectivity index (χ0v) is 12.9. The highest BCUT2D eigenvalue weighted by molar-refractivity contribution is 9.08. The molecule has 0 bridgehead atoms. The molecule has 0 amide bonds. The van der Waals surface area contributed by atoms with Gasteiger partial charge in [0.2, 0.25) is 0 Å². The van der Waals surface area contributed by atoms with Crippen LogP contribution in [-0.4, -0.2) is 9.97 Å². The summed E-state index contributed by atoms with van der Waals surface area (Å²) in [5, 5.41) is 0.640. The Hall–Kier alpha value is -2.01. The normalized spacial score (nSPS) is 11.0. The number of nitrogens with zero attached hydrogens (tertiary/aromatic N) is 1. The third-order valence-electron chi connectivity index (χ3n) is 3.32. The van der Waals surface area contributed by atoms with Crippen molar-refractivity contribution in [2.45, 2.75) is 12.3 Å². The molecule has 106 valence electrons. The van der Waals surface area contributed by atoms with Gasteiger partial charge in [-0.3, -0.25) is 4.79 Å². The Balaban J connectivity index is 2.39. The van der Waals surface area contributed by atoms with E-state index in [1.54, 1.807) is 13.0 Å². The van der Waals surface area contributed by atoms with E-state index >= 15 is 0 Å². The lowest BCUT2D eigenvalue weighted by molar-refractivity contribution is 0.628. The van der Waals surface area contributed by atoms with E-state index in [9.17, 15) is 9.18 Å². The maximum atomic E-state index is 13.5. The monoisotopic (exact) mass is 346 g/mol. The number of nitrogens with one attached hydrogen (secondary N) is 1. The second kappa shape index (κ2) is 5.41. The average molecular weight is 347 g/mol. The Morgan fingerprint density at radius 3 is 2.81 bits per heavy atom. The molecule has 0 aliphatic carbocycles. The fourth-order valence-corrected chi connectivity index (χ4v) is 2.62. The summed E-state index contributed by atoms with van der Waals surface area (Å²) in [4.78, 5) is 18.9. The number of aromatic amines is 1. The van der Waals surface area contributed by atoms with Crippen molar-refractivity contribution in [1.29, 1.82) is 0 Å². The number of hydrogen-bond acceptors (Lipinski definition) is 2. The van der Waals surface area contributed by atoms with Crippen LogP contribution >= 0.6 is 15.9 Å². The van der Waals surface area contributed by atoms with Crippen LogP contribution in [0.3, 0.4) is 0 Å². The third kappa shape index (κ3) is 2.61. The number of aryl methyl sites for hydroxylation is 1. The maximum absolute atomic E-state index is 13.5. The zero-order chi connectivity index (χ0) is 15.0. The summed E-state index contributed by atoms with van der Waals surface area (Å²) in [7, 11) is 0. The Bertz CT molecular complexity index is 889. The van der Waals surface area contributed by atoms with Gasteiger partial charge < -0.3 is 4.98 Å². The summed E-state index contributed by atoms with van der Waals surface area (Å²) in [6, 6.07) is 10.2. The lowest BCUT2D eigenvalue weighted by Crippen LogP contribution is -2.12. The molecule has 0 saturated carbocycles. The summed E-state index contributed by atoms with van der Waals surface area (Å²) in [5.74, 6) is -0.300. The van der Waals surface area contributed by atoms with E-state index in [-0.39, 0.29) is 11.4 Å². The maximum Gasteiger partial charge on any atom is 0.269 e. The molecular weight excluding hydrogens is 335 g/mol. The van der Waals surface area contributed by atoms with Crippen molar-refractivity contribution >= 4 is 27.0 Å². The number of hydrogen-bond donors (Lipinski definition) is 1. The SMILES string of the molecule is Cc1nc2c(-c3cccc(F)c3)cc(CBr)cc2[nH]c1=O. The molecule has 1 aromatic heterocycles. The average Bonchev–Trinajstić information content (AvgIpc) is 2.47. The highest BCUT2D eigenvalue weighted by Crippen LogP contribution is 2.29. The fourth-order valence-electron chi connectivity index (χ4n) is 2.29. The molecule has 0 aliphatic heterocycles. The highest BCUT2D eigenvalue weighted by atomic mass is 79.9. The van der Waals surface area contributed by atoms with Crippen molar-refractivity contribution in [3.8, 4) is 11.1 Å². The van der Waals surface area contributed by atoms with Gasteiger partial charge in [0.15, 0.2) is 0 Å². The zero-order valence-electron chi connectivity index (χ0n) is 11.3. The Morgan fingerprint density at radius 2 is 2.10 bits per heavy atom. The van der Waals surface area contributed by atoms with Crippen LogP contribution < -0.4 is 5.56 Å². The lowest BCUT2D eigenvalue weighted by Gasteiger charge is -2.09. The molecule has 0 fully saturated rings. The van der Waals surface area contributed by atoms with Crippen molar-refractivity contribution in [2.24, 2.45) is 0 Å². The van der Waals surface area contributed by atoms with Crippen LogP contribution in [0.4, 0.5) is 4.39 Å². The van der Waals surface area contributed by atoms with Gasteiger partial charge in [0, 0.05) is 10.9 Å². The number of benzene rings is 2. The Labute approximate surface area is 129 Å². The molecule has 0 unspecified atom stereocenters. The number of alkyl halides is 1. The summed E-state index contributed by atoms with van der Waals surface area (Å²) < 4.78 is 13.5. The van der Waals surface area contributed by atoms with Gasteiger partial charge in [0.05, 0.1) is 11.0 Å². The number of rotatable bonds is 2. The minimum absolute atomic E-state index is 0.209. The van der Waals surface area contributed by atoms with Crippen LogP contribution in [-0.2, 0) is 5.33 Å². The van der Waals surface area contributed by atoms with Crippen LogP contribution in [0.15, 0.2) is 41.2 Å². The van der Waals surface area contributed by atoms with E-state index in [1.807, 2.05) is 18.2 Å². The molecule has 0 radical (unpaired) electrons. The van der Waals surface area contributed by atoms with Crippen LogP contribution in [0, 0.1) is 12.7 Å². The molecule has 21 heavy (non-hydrogen) atoms. The molecule has 0 spiro atoms. The Kier molecular flexibility index (Phi) is 3.59. The van der Waals surface area contributed by atoms with Gasteiger partial charge in [-0.1, -0.05) is 28.1 Å². The van der Waals surface area contributed by atoms with E-state index in [0.717, 1.165) is 16.7 Å². The van der Waals surface area contributed by atoms with E-state index in [0.29, 0.717) is 22.1 Å². The second-order valence-electron chi connectivity index (χ2n) is 4.83. The molecule has 0 aliphatic rings. The molecule has 1 N–H and O–H groups in total. The number of H-pyrrole nitrogens is 1. The quantitative estimate of drug-likeness (QED) is 0.714. The van der Waals surface area contributed by atoms with Crippen LogP contribution in [0.25, 0.3) is 22.2 Å². The molecule has 2 aromatic carbocycles. The summed E-state index contributed by atoms with van der Waals surface area (Å²) in [5.41, 5.74) is 4.04. The van der Waals surface area contributed by atoms with Gasteiger partial charge in [-0.15, -0.1) is 0 Å². The van der Waals surface area contributed by atoms with Crippen molar-refractivity contribution in [1.82, 2.24) is 9.97 Å². The standard InChI is InChI=1S/C16H12BrFN2O/c1-9-16(21)20-14-6-10(8-17)5-13(15(14)19-9)11-3-2-4-12(18)7-11/h2-7H,8H2,1H3,(H,20,21). The van der Waals surface area contributed by atoms with Crippen LogP contribution in [0.5, 0.6) is 0 Å². The molecule has 3 rings (SSSR count). The van der Waals surface area contributed by atoms with Gasteiger partial charge in [-0.05, 0) is 42.3 Å². The summed E-state index contributed by atoms with van der Waals surface area (Å²) >= 11 is 3.41. The summed E-state index contributed by atoms with van der Waals surface area (Å²) in [6.45, 7) is 1.66. The predicted molar refractivity (Wildman–Crippen MR) is 85.1 cm³/mol. The van der Waals surface area contributed by atoms with Crippen LogP contribution in [0.2, 0.25) is 0 Å². The number of fused-ring (bicyclic) bond motifs is 1. The van der Waals surface area contributed by atoms with E-state index in [4.69, 9.17) is 0 Å². The van der Waals surface area contributed by atoms with Crippen LogP contribution in [0.1, 0.15) is 11.3 Å². The first-order valence-electron chi connectivity index (χ1n) is 6.44. The molecular formula is C16H12BrFN2O. The first kappa shape index (κ1) is 13.9. The lowest BCUT2D eigenvalue weighted by atomic mass is 10.0. The molecule has 3 aromatic rings. The Morgan fingerprint density at radius 1 is 1.29 bits per heavy atom. The van der Waals surface area contributed by atoms with Gasteiger partial charge in [0.1, 0.15) is 11.5 Å². The highest BCUT2D eigenvalue weighted by Gasteiger charge is 2.10. The van der Waals surface area contributed by atoms with Gasteiger partial charge in [-0.25, -0.2) is 9.37 Å².